The van der Waals surface area contributed by atoms with E-state index < -0.39 is 11.6 Å². The van der Waals surface area contributed by atoms with Crippen molar-refractivity contribution >= 4 is 17.7 Å². The van der Waals surface area contributed by atoms with E-state index >= 15 is 0 Å². The number of ketones is 1. The van der Waals surface area contributed by atoms with Crippen molar-refractivity contribution in [1.82, 2.24) is 10.2 Å². The highest BCUT2D eigenvalue weighted by molar-refractivity contribution is 6.11. The van der Waals surface area contributed by atoms with Crippen LogP contribution in [0.2, 0.25) is 0 Å². The molecule has 3 amide bonds. The third-order valence-electron chi connectivity index (χ3n) is 5.91. The van der Waals surface area contributed by atoms with Crippen molar-refractivity contribution in [3.8, 4) is 5.75 Å². The van der Waals surface area contributed by atoms with Gasteiger partial charge in [0.2, 0.25) is 0 Å². The van der Waals surface area contributed by atoms with E-state index in [1.807, 2.05) is 6.07 Å². The second kappa shape index (κ2) is 5.07. The summed E-state index contributed by atoms with van der Waals surface area (Å²) >= 11 is 0. The van der Waals surface area contributed by atoms with Gasteiger partial charge in [-0.2, -0.15) is 0 Å². The number of hydrogen-bond acceptors (Lipinski definition) is 4. The lowest BCUT2D eigenvalue weighted by molar-refractivity contribution is -0.132. The van der Waals surface area contributed by atoms with Crippen molar-refractivity contribution in [2.24, 2.45) is 11.8 Å². The van der Waals surface area contributed by atoms with Crippen LogP contribution in [0.1, 0.15) is 41.6 Å². The number of carbonyl (C=O) groups is 3. The topological polar surface area (TPSA) is 75.7 Å². The Balaban J connectivity index is 1.37. The zero-order chi connectivity index (χ0) is 17.2. The number of benzene rings is 1. The Morgan fingerprint density at radius 2 is 1.92 bits per heavy atom. The molecule has 2 aliphatic heterocycles. The predicted molar refractivity (Wildman–Crippen MR) is 88.4 cm³/mol. The van der Waals surface area contributed by atoms with Gasteiger partial charge in [-0.25, -0.2) is 4.79 Å². The molecule has 1 N–H and O–H groups in total. The van der Waals surface area contributed by atoms with E-state index in [1.165, 1.54) is 0 Å². The summed E-state index contributed by atoms with van der Waals surface area (Å²) in [4.78, 5) is 39.3. The Morgan fingerprint density at radius 3 is 2.60 bits per heavy atom. The summed E-state index contributed by atoms with van der Waals surface area (Å²) < 4.78 is 5.45. The minimum absolute atomic E-state index is 0.189. The summed E-state index contributed by atoms with van der Waals surface area (Å²) in [5.41, 5.74) is 0.803. The first-order valence-electron chi connectivity index (χ1n) is 9.02. The van der Waals surface area contributed by atoms with E-state index in [1.54, 1.807) is 12.1 Å². The molecule has 0 unspecified atom stereocenters. The first kappa shape index (κ1) is 14.9. The van der Waals surface area contributed by atoms with Crippen molar-refractivity contribution in [2.45, 2.75) is 37.6 Å². The van der Waals surface area contributed by atoms with Gasteiger partial charge in [-0.15, -0.1) is 0 Å². The molecule has 0 aromatic heterocycles. The molecule has 0 radical (unpaired) electrons. The Bertz CT molecular complexity index is 783. The Kier molecular flexibility index (Phi) is 3.03. The van der Waals surface area contributed by atoms with Crippen molar-refractivity contribution in [1.29, 1.82) is 0 Å². The smallest absolute Gasteiger partial charge is 0.325 e. The van der Waals surface area contributed by atoms with Gasteiger partial charge in [0.25, 0.3) is 5.91 Å². The summed E-state index contributed by atoms with van der Waals surface area (Å²) in [6.45, 7) is 0.441. The van der Waals surface area contributed by atoms with Crippen LogP contribution < -0.4 is 10.1 Å². The van der Waals surface area contributed by atoms with Gasteiger partial charge in [-0.05, 0) is 61.3 Å². The third kappa shape index (κ3) is 2.19. The maximum absolute atomic E-state index is 13.0. The van der Waals surface area contributed by atoms with E-state index in [-0.39, 0.29) is 30.1 Å². The van der Waals surface area contributed by atoms with E-state index in [2.05, 4.69) is 5.32 Å². The molecule has 0 atom stereocenters. The highest BCUT2D eigenvalue weighted by Crippen LogP contribution is 2.54. The first-order chi connectivity index (χ1) is 12.1. The second-order valence-electron chi connectivity index (χ2n) is 7.58. The number of fused-ring (bicyclic) bond motifs is 1. The molecule has 6 heteroatoms. The lowest BCUT2D eigenvalue weighted by Gasteiger charge is -2.26. The number of urea groups is 1. The molecule has 5 rings (SSSR count). The Labute approximate surface area is 145 Å². The van der Waals surface area contributed by atoms with Crippen LogP contribution in [-0.2, 0) is 11.2 Å². The largest absolute Gasteiger partial charge is 0.493 e. The van der Waals surface area contributed by atoms with Crippen molar-refractivity contribution in [3.05, 3.63) is 29.3 Å². The number of nitrogens with zero attached hydrogens (tertiary/aromatic N) is 1. The molecular formula is C19H20N2O4. The average Bonchev–Trinajstić information content (AvgIpc) is 3.53. The maximum atomic E-state index is 13.0. The summed E-state index contributed by atoms with van der Waals surface area (Å²) in [5, 5.41) is 2.95. The van der Waals surface area contributed by atoms with Gasteiger partial charge in [0.15, 0.2) is 5.78 Å². The number of nitrogens with one attached hydrogen (secondary N) is 1. The highest BCUT2D eigenvalue weighted by Gasteiger charge is 2.65. The van der Waals surface area contributed by atoms with Crippen molar-refractivity contribution in [3.63, 3.8) is 0 Å². The molecule has 2 heterocycles. The standard InChI is InChI=1S/C19H20N2O4/c22-15(11-1-6-16-12(9-11)7-8-25-16)10-21-17(23)19(13-2-3-13,14-4-5-14)20-18(21)24/h1,6,9,13-14H,2-5,7-8,10H2,(H,20,24). The SMILES string of the molecule is O=C(CN1C(=O)NC(C2CC2)(C2CC2)C1=O)c1ccc2c(c1)CCO2. The van der Waals surface area contributed by atoms with E-state index in [0.717, 1.165) is 48.3 Å². The molecule has 2 aliphatic carbocycles. The zero-order valence-electron chi connectivity index (χ0n) is 13.9. The van der Waals surface area contributed by atoms with Gasteiger partial charge >= 0.3 is 6.03 Å². The first-order valence-corrected chi connectivity index (χ1v) is 9.02. The fourth-order valence-corrected chi connectivity index (χ4v) is 4.32. The van der Waals surface area contributed by atoms with Crippen LogP contribution in [0.4, 0.5) is 4.79 Å². The molecule has 130 valence electrons. The molecule has 4 aliphatic rings. The van der Waals surface area contributed by atoms with Gasteiger partial charge in [0, 0.05) is 12.0 Å². The Hall–Kier alpha value is -2.37. The van der Waals surface area contributed by atoms with Gasteiger partial charge in [-0.1, -0.05) is 0 Å². The van der Waals surface area contributed by atoms with Crippen LogP contribution in [0.5, 0.6) is 5.75 Å². The van der Waals surface area contributed by atoms with Gasteiger partial charge in [-0.3, -0.25) is 14.5 Å². The molecule has 6 nitrogen and oxygen atoms in total. The van der Waals surface area contributed by atoms with Crippen molar-refractivity contribution < 1.29 is 19.1 Å². The van der Waals surface area contributed by atoms with Gasteiger partial charge < -0.3 is 10.1 Å². The molecule has 1 saturated heterocycles. The quantitative estimate of drug-likeness (QED) is 0.656. The number of imide groups is 1. The monoisotopic (exact) mass is 340 g/mol. The zero-order valence-corrected chi connectivity index (χ0v) is 13.9. The lowest BCUT2D eigenvalue weighted by Crippen LogP contribution is -2.51. The molecule has 2 saturated carbocycles. The molecular weight excluding hydrogens is 320 g/mol. The summed E-state index contributed by atoms with van der Waals surface area (Å²) in [7, 11) is 0. The third-order valence-corrected chi connectivity index (χ3v) is 5.91. The fourth-order valence-electron chi connectivity index (χ4n) is 4.32. The average molecular weight is 340 g/mol. The van der Waals surface area contributed by atoms with Crippen LogP contribution in [0.25, 0.3) is 0 Å². The minimum atomic E-state index is -0.733. The normalized spacial score (nSPS) is 24.1. The van der Waals surface area contributed by atoms with Crippen LogP contribution in [0.15, 0.2) is 18.2 Å². The summed E-state index contributed by atoms with van der Waals surface area (Å²) in [6, 6.07) is 4.90. The number of rotatable bonds is 5. The molecule has 25 heavy (non-hydrogen) atoms. The number of hydrogen-bond donors (Lipinski definition) is 1. The number of Topliss-reactive ketones (excluding diaryl/α,β-unsaturated/α-hetero) is 1. The summed E-state index contributed by atoms with van der Waals surface area (Å²) in [5.74, 6) is 0.899. The molecule has 0 spiro atoms. The van der Waals surface area contributed by atoms with Gasteiger partial charge in [0.1, 0.15) is 11.3 Å². The number of carbonyl (C=O) groups excluding carboxylic acids is 3. The molecule has 1 aromatic carbocycles. The molecule has 3 fully saturated rings. The summed E-state index contributed by atoms with van der Waals surface area (Å²) in [6.07, 6.45) is 4.71. The molecule has 0 bridgehead atoms. The minimum Gasteiger partial charge on any atom is -0.493 e. The van der Waals surface area contributed by atoms with Crippen LogP contribution in [0, 0.1) is 11.8 Å². The molecule has 1 aromatic rings. The van der Waals surface area contributed by atoms with Crippen LogP contribution >= 0.6 is 0 Å². The number of ether oxygens (including phenoxy) is 1. The maximum Gasteiger partial charge on any atom is 0.325 e. The lowest BCUT2D eigenvalue weighted by atomic mass is 9.87. The second-order valence-corrected chi connectivity index (χ2v) is 7.58. The van der Waals surface area contributed by atoms with E-state index in [4.69, 9.17) is 4.74 Å². The van der Waals surface area contributed by atoms with Crippen molar-refractivity contribution in [2.75, 3.05) is 13.2 Å². The van der Waals surface area contributed by atoms with Crippen LogP contribution in [-0.4, -0.2) is 41.3 Å². The fraction of sp³-hybridized carbons (Fsp3) is 0.526. The highest BCUT2D eigenvalue weighted by atomic mass is 16.5. The predicted octanol–water partition coefficient (Wildman–Crippen LogP) is 1.91. The van der Waals surface area contributed by atoms with E-state index in [0.29, 0.717) is 12.2 Å². The Morgan fingerprint density at radius 1 is 1.20 bits per heavy atom. The van der Waals surface area contributed by atoms with Crippen LogP contribution in [0.3, 0.4) is 0 Å². The number of amides is 3. The van der Waals surface area contributed by atoms with Gasteiger partial charge in [0.05, 0.1) is 13.2 Å². The van der Waals surface area contributed by atoms with E-state index in [9.17, 15) is 14.4 Å².